The fourth-order valence-corrected chi connectivity index (χ4v) is 1.99. The Morgan fingerprint density at radius 2 is 1.95 bits per heavy atom. The summed E-state index contributed by atoms with van der Waals surface area (Å²) in [6.45, 7) is 3.64. The lowest BCUT2D eigenvalue weighted by molar-refractivity contribution is 0.102. The maximum atomic E-state index is 12.5. The largest absolute Gasteiger partial charge is 0.384 e. The van der Waals surface area contributed by atoms with Gasteiger partial charge in [-0.1, -0.05) is 41.7 Å². The monoisotopic (exact) mass is 279 g/mol. The summed E-state index contributed by atoms with van der Waals surface area (Å²) in [6, 6.07) is 13.1. The van der Waals surface area contributed by atoms with Crippen molar-refractivity contribution in [2.75, 3.05) is 11.9 Å². The zero-order valence-corrected chi connectivity index (χ0v) is 12.1. The van der Waals surface area contributed by atoms with Crippen LogP contribution in [-0.2, 0) is 0 Å². The molecule has 0 aromatic heterocycles. The van der Waals surface area contributed by atoms with E-state index in [4.69, 9.17) is 5.11 Å². The van der Waals surface area contributed by atoms with Crippen LogP contribution in [0.15, 0.2) is 42.5 Å². The van der Waals surface area contributed by atoms with E-state index in [-0.39, 0.29) is 12.5 Å². The fourth-order valence-electron chi connectivity index (χ4n) is 1.99. The zero-order chi connectivity index (χ0) is 15.2. The second-order valence-electron chi connectivity index (χ2n) is 4.78. The Balaban J connectivity index is 2.34. The van der Waals surface area contributed by atoms with E-state index in [1.54, 1.807) is 12.1 Å². The summed E-state index contributed by atoms with van der Waals surface area (Å²) >= 11 is 0. The predicted octanol–water partition coefficient (Wildman–Crippen LogP) is 2.90. The molecule has 0 aliphatic carbocycles. The van der Waals surface area contributed by atoms with Gasteiger partial charge in [0.2, 0.25) is 0 Å². The fraction of sp³-hybridized carbons (Fsp3) is 0.167. The summed E-state index contributed by atoms with van der Waals surface area (Å²) in [5.41, 5.74) is 3.89. The minimum absolute atomic E-state index is 0.199. The van der Waals surface area contributed by atoms with Crippen LogP contribution in [0.4, 0.5) is 5.69 Å². The molecule has 1 amide bonds. The molecule has 2 aromatic carbocycles. The lowest BCUT2D eigenvalue weighted by Gasteiger charge is -2.10. The minimum Gasteiger partial charge on any atom is -0.384 e. The summed E-state index contributed by atoms with van der Waals surface area (Å²) in [4.78, 5) is 12.5. The van der Waals surface area contributed by atoms with Crippen molar-refractivity contribution in [3.63, 3.8) is 0 Å². The van der Waals surface area contributed by atoms with Gasteiger partial charge in [0, 0.05) is 11.3 Å². The van der Waals surface area contributed by atoms with Gasteiger partial charge < -0.3 is 10.4 Å². The highest BCUT2D eigenvalue weighted by molar-refractivity contribution is 6.06. The van der Waals surface area contributed by atoms with Crippen LogP contribution in [-0.4, -0.2) is 17.6 Å². The first-order valence-electron chi connectivity index (χ1n) is 6.69. The van der Waals surface area contributed by atoms with Crippen molar-refractivity contribution in [3.8, 4) is 11.8 Å². The molecule has 0 fully saturated rings. The van der Waals surface area contributed by atoms with Crippen LogP contribution in [0.3, 0.4) is 0 Å². The third-order valence-corrected chi connectivity index (χ3v) is 3.12. The first kappa shape index (κ1) is 14.8. The van der Waals surface area contributed by atoms with Gasteiger partial charge in [-0.25, -0.2) is 0 Å². The number of nitrogens with one attached hydrogen (secondary N) is 1. The first-order valence-corrected chi connectivity index (χ1v) is 6.69. The number of carbonyl (C=O) groups is 1. The second-order valence-corrected chi connectivity index (χ2v) is 4.78. The Kier molecular flexibility index (Phi) is 4.76. The number of para-hydroxylation sites is 1. The van der Waals surface area contributed by atoms with E-state index in [2.05, 4.69) is 17.2 Å². The summed E-state index contributed by atoms with van der Waals surface area (Å²) in [6.07, 6.45) is 0. The highest BCUT2D eigenvalue weighted by Gasteiger charge is 2.11. The molecule has 0 unspecified atom stereocenters. The second kappa shape index (κ2) is 6.74. The smallest absolute Gasteiger partial charge is 0.256 e. The molecule has 0 bridgehead atoms. The van der Waals surface area contributed by atoms with Crippen LogP contribution in [0.1, 0.15) is 27.0 Å². The number of rotatable bonds is 2. The Hall–Kier alpha value is -2.57. The Labute approximate surface area is 124 Å². The molecule has 3 heteroatoms. The van der Waals surface area contributed by atoms with E-state index < -0.39 is 0 Å². The SMILES string of the molecule is Cc1ccc(C#CCO)c(C(=O)Nc2ccccc2C)c1. The summed E-state index contributed by atoms with van der Waals surface area (Å²) in [5.74, 6) is 5.19. The molecular formula is C18H17NO2. The summed E-state index contributed by atoms with van der Waals surface area (Å²) in [5, 5.41) is 11.7. The van der Waals surface area contributed by atoms with Gasteiger partial charge in [-0.15, -0.1) is 0 Å². The van der Waals surface area contributed by atoms with Crippen LogP contribution < -0.4 is 5.32 Å². The van der Waals surface area contributed by atoms with Gasteiger partial charge in [0.1, 0.15) is 6.61 Å². The number of hydrogen-bond acceptors (Lipinski definition) is 2. The van der Waals surface area contributed by atoms with Crippen LogP contribution >= 0.6 is 0 Å². The minimum atomic E-state index is -0.229. The maximum Gasteiger partial charge on any atom is 0.256 e. The molecule has 0 aliphatic rings. The Bertz CT molecular complexity index is 723. The van der Waals surface area contributed by atoms with Crippen molar-refractivity contribution in [2.45, 2.75) is 13.8 Å². The molecule has 3 nitrogen and oxygen atoms in total. The van der Waals surface area contributed by atoms with E-state index in [1.165, 1.54) is 0 Å². The predicted molar refractivity (Wildman–Crippen MR) is 84.3 cm³/mol. The maximum absolute atomic E-state index is 12.5. The number of aryl methyl sites for hydroxylation is 2. The molecule has 2 N–H and O–H groups in total. The molecule has 2 aromatic rings. The molecule has 0 spiro atoms. The first-order chi connectivity index (χ1) is 10.1. The number of anilines is 1. The molecule has 0 heterocycles. The quantitative estimate of drug-likeness (QED) is 0.830. The highest BCUT2D eigenvalue weighted by Crippen LogP contribution is 2.17. The normalized spacial score (nSPS) is 9.67. The zero-order valence-electron chi connectivity index (χ0n) is 12.1. The van der Waals surface area contributed by atoms with Crippen LogP contribution in [0.25, 0.3) is 0 Å². The number of benzene rings is 2. The standard InChI is InChI=1S/C18H17NO2/c1-13-9-10-15(7-5-11-20)16(12-13)18(21)19-17-8-4-3-6-14(17)2/h3-4,6,8-10,12,20H,11H2,1-2H3,(H,19,21). The number of amides is 1. The average molecular weight is 279 g/mol. The van der Waals surface area contributed by atoms with Crippen LogP contribution in [0.2, 0.25) is 0 Å². The van der Waals surface area contributed by atoms with Crippen molar-refractivity contribution < 1.29 is 9.90 Å². The number of aliphatic hydroxyl groups excluding tert-OH is 1. The van der Waals surface area contributed by atoms with Gasteiger partial charge in [0.15, 0.2) is 0 Å². The molecule has 106 valence electrons. The Morgan fingerprint density at radius 1 is 1.19 bits per heavy atom. The molecule has 21 heavy (non-hydrogen) atoms. The van der Waals surface area contributed by atoms with E-state index in [0.29, 0.717) is 11.1 Å². The van der Waals surface area contributed by atoms with Gasteiger partial charge in [0.05, 0.1) is 5.56 Å². The van der Waals surface area contributed by atoms with E-state index in [1.807, 2.05) is 44.2 Å². The molecule has 2 rings (SSSR count). The van der Waals surface area contributed by atoms with Gasteiger partial charge >= 0.3 is 0 Å². The highest BCUT2D eigenvalue weighted by atomic mass is 16.2. The number of hydrogen-bond donors (Lipinski definition) is 2. The van der Waals surface area contributed by atoms with Crippen molar-refractivity contribution >= 4 is 11.6 Å². The molecular weight excluding hydrogens is 262 g/mol. The van der Waals surface area contributed by atoms with E-state index in [0.717, 1.165) is 16.8 Å². The Morgan fingerprint density at radius 3 is 2.67 bits per heavy atom. The van der Waals surface area contributed by atoms with Gasteiger partial charge in [-0.3, -0.25) is 4.79 Å². The molecule has 0 atom stereocenters. The van der Waals surface area contributed by atoms with Gasteiger partial charge in [-0.2, -0.15) is 0 Å². The van der Waals surface area contributed by atoms with Crippen molar-refractivity contribution in [3.05, 3.63) is 64.7 Å². The van der Waals surface area contributed by atoms with Gasteiger partial charge in [-0.05, 0) is 37.6 Å². The molecule has 0 saturated heterocycles. The number of carbonyl (C=O) groups excluding carboxylic acids is 1. The summed E-state index contributed by atoms with van der Waals surface area (Å²) < 4.78 is 0. The molecule has 0 saturated carbocycles. The lowest BCUT2D eigenvalue weighted by atomic mass is 10.0. The van der Waals surface area contributed by atoms with Gasteiger partial charge in [0.25, 0.3) is 5.91 Å². The third-order valence-electron chi connectivity index (χ3n) is 3.12. The van der Waals surface area contributed by atoms with E-state index >= 15 is 0 Å². The van der Waals surface area contributed by atoms with Crippen molar-refractivity contribution in [1.29, 1.82) is 0 Å². The summed E-state index contributed by atoms with van der Waals surface area (Å²) in [7, 11) is 0. The number of aliphatic hydroxyl groups is 1. The van der Waals surface area contributed by atoms with Crippen LogP contribution in [0.5, 0.6) is 0 Å². The van der Waals surface area contributed by atoms with Crippen LogP contribution in [0, 0.1) is 25.7 Å². The third kappa shape index (κ3) is 3.71. The molecule has 0 radical (unpaired) electrons. The molecule has 0 aliphatic heterocycles. The van der Waals surface area contributed by atoms with Crippen molar-refractivity contribution in [2.24, 2.45) is 0 Å². The lowest BCUT2D eigenvalue weighted by Crippen LogP contribution is -2.14. The average Bonchev–Trinajstić information content (AvgIpc) is 2.48. The topological polar surface area (TPSA) is 49.3 Å². The van der Waals surface area contributed by atoms with E-state index in [9.17, 15) is 4.79 Å². The van der Waals surface area contributed by atoms with Crippen molar-refractivity contribution in [1.82, 2.24) is 0 Å².